The molecule has 1 aliphatic heterocycles. The molecule has 11 heteroatoms. The minimum atomic E-state index is -0.375. The Bertz CT molecular complexity index is 1480. The molecule has 1 amide bonds. The number of benzene rings is 1. The number of aromatic amines is 1. The maximum Gasteiger partial charge on any atom is 0.223 e. The summed E-state index contributed by atoms with van der Waals surface area (Å²) in [7, 11) is 0. The lowest BCUT2D eigenvalue weighted by Crippen LogP contribution is -2.50. The van der Waals surface area contributed by atoms with Crippen molar-refractivity contribution >= 4 is 45.8 Å². The Morgan fingerprint density at radius 2 is 1.82 bits per heavy atom. The van der Waals surface area contributed by atoms with E-state index in [0.29, 0.717) is 47.4 Å². The van der Waals surface area contributed by atoms with Crippen LogP contribution in [0.1, 0.15) is 38.9 Å². The fourth-order valence-corrected chi connectivity index (χ4v) is 5.52. The number of hydrogen-bond acceptors (Lipinski definition) is 7. The molecule has 40 heavy (non-hydrogen) atoms. The fraction of sp³-hybridized carbons (Fsp3) is 0.379. The zero-order valence-corrected chi connectivity index (χ0v) is 24.3. The molecule has 1 aromatic carbocycles. The first-order chi connectivity index (χ1) is 19.1. The second-order valence-corrected chi connectivity index (χ2v) is 11.7. The lowest BCUT2D eigenvalue weighted by Gasteiger charge is -2.36. The molecule has 0 unspecified atom stereocenters. The molecule has 1 aliphatic rings. The maximum absolute atomic E-state index is 12.7. The Balaban J connectivity index is 1.27. The third-order valence-corrected chi connectivity index (χ3v) is 7.91. The van der Waals surface area contributed by atoms with Gasteiger partial charge in [-0.1, -0.05) is 37.0 Å². The molecule has 3 N–H and O–H groups in total. The van der Waals surface area contributed by atoms with Crippen LogP contribution in [0.2, 0.25) is 10.0 Å². The molecule has 1 saturated heterocycles. The Hall–Kier alpha value is -3.40. The van der Waals surface area contributed by atoms with Gasteiger partial charge in [-0.3, -0.25) is 14.9 Å². The lowest BCUT2D eigenvalue weighted by atomic mass is 9.89. The molecule has 3 aromatic heterocycles. The number of rotatable bonds is 8. The zero-order chi connectivity index (χ0) is 28.4. The average Bonchev–Trinajstić information content (AvgIpc) is 3.36. The van der Waals surface area contributed by atoms with Crippen molar-refractivity contribution in [1.82, 2.24) is 25.1 Å². The van der Waals surface area contributed by atoms with Gasteiger partial charge in [0.25, 0.3) is 0 Å². The van der Waals surface area contributed by atoms with E-state index in [-0.39, 0.29) is 17.4 Å². The standard InChI is InChI=1S/C29H33Cl2N7O2/c1-18(27-22(30)15-33-16-23(27)31)40-20-5-6-24-21(12-20)28(36-35-24)19-4-7-25(34-14-19)37-8-10-38(11-9-37)26(39)13-29(2,3)17-32/h4-7,12,14-16,18H,8-11,13,17,32H2,1-3H3,(H,35,36)/t18-/m1/s1. The van der Waals surface area contributed by atoms with Gasteiger partial charge in [0.1, 0.15) is 23.4 Å². The molecule has 4 heterocycles. The van der Waals surface area contributed by atoms with Crippen LogP contribution in [0.4, 0.5) is 5.82 Å². The minimum Gasteiger partial charge on any atom is -0.486 e. The normalized spacial score (nSPS) is 14.9. The van der Waals surface area contributed by atoms with E-state index in [0.717, 1.165) is 41.1 Å². The number of ether oxygens (including phenoxy) is 1. The van der Waals surface area contributed by atoms with E-state index in [1.807, 2.05) is 62.2 Å². The second-order valence-electron chi connectivity index (χ2n) is 10.9. The first kappa shape index (κ1) is 28.1. The van der Waals surface area contributed by atoms with Gasteiger partial charge in [0.2, 0.25) is 5.91 Å². The number of halogens is 2. The summed E-state index contributed by atoms with van der Waals surface area (Å²) in [6.07, 6.45) is 5.03. The summed E-state index contributed by atoms with van der Waals surface area (Å²) in [6, 6.07) is 9.78. The molecule has 0 bridgehead atoms. The number of fused-ring (bicyclic) bond motifs is 1. The number of hydrogen-bond donors (Lipinski definition) is 2. The molecular weight excluding hydrogens is 549 g/mol. The van der Waals surface area contributed by atoms with Crippen LogP contribution in [0.25, 0.3) is 22.2 Å². The van der Waals surface area contributed by atoms with E-state index in [4.69, 9.17) is 38.7 Å². The van der Waals surface area contributed by atoms with Crippen LogP contribution in [0.3, 0.4) is 0 Å². The third-order valence-electron chi connectivity index (χ3n) is 7.30. The van der Waals surface area contributed by atoms with Gasteiger partial charge < -0.3 is 20.3 Å². The van der Waals surface area contributed by atoms with Gasteiger partial charge in [-0.2, -0.15) is 5.10 Å². The van der Waals surface area contributed by atoms with Crippen LogP contribution in [0.15, 0.2) is 48.9 Å². The number of nitrogens with one attached hydrogen (secondary N) is 1. The Morgan fingerprint density at radius 1 is 1.10 bits per heavy atom. The largest absolute Gasteiger partial charge is 0.486 e. The van der Waals surface area contributed by atoms with Crippen molar-refractivity contribution in [2.45, 2.75) is 33.3 Å². The first-order valence-corrected chi connectivity index (χ1v) is 14.0. The van der Waals surface area contributed by atoms with Gasteiger partial charge in [0.15, 0.2) is 0 Å². The first-order valence-electron chi connectivity index (χ1n) is 13.3. The fourth-order valence-electron chi connectivity index (χ4n) is 4.85. The summed E-state index contributed by atoms with van der Waals surface area (Å²) < 4.78 is 6.19. The van der Waals surface area contributed by atoms with E-state index in [1.54, 1.807) is 12.4 Å². The van der Waals surface area contributed by atoms with Gasteiger partial charge in [0, 0.05) is 67.7 Å². The highest BCUT2D eigenvalue weighted by Crippen LogP contribution is 2.35. The summed E-state index contributed by atoms with van der Waals surface area (Å²) in [5.41, 5.74) is 8.87. The number of piperazine rings is 1. The zero-order valence-electron chi connectivity index (χ0n) is 22.8. The number of amides is 1. The van der Waals surface area contributed by atoms with E-state index in [1.165, 1.54) is 0 Å². The molecule has 0 saturated carbocycles. The van der Waals surface area contributed by atoms with Crippen molar-refractivity contribution in [3.63, 3.8) is 0 Å². The van der Waals surface area contributed by atoms with Crippen LogP contribution < -0.4 is 15.4 Å². The summed E-state index contributed by atoms with van der Waals surface area (Å²) in [5, 5.41) is 9.47. The SMILES string of the molecule is C[C@@H](Oc1ccc2[nH]nc(-c3ccc(N4CCN(C(=O)CC(C)(C)CN)CC4)nc3)c2c1)c1c(Cl)cncc1Cl. The van der Waals surface area contributed by atoms with Crippen LogP contribution in [-0.4, -0.2) is 63.7 Å². The Kier molecular flexibility index (Phi) is 8.16. The van der Waals surface area contributed by atoms with E-state index >= 15 is 0 Å². The molecular formula is C29H33Cl2N7O2. The van der Waals surface area contributed by atoms with Crippen molar-refractivity contribution in [1.29, 1.82) is 0 Å². The summed E-state index contributed by atoms with van der Waals surface area (Å²) in [5.74, 6) is 1.70. The average molecular weight is 583 g/mol. The quantitative estimate of drug-likeness (QED) is 0.283. The van der Waals surface area contributed by atoms with Crippen molar-refractivity contribution in [3.05, 3.63) is 64.5 Å². The van der Waals surface area contributed by atoms with Crippen molar-refractivity contribution in [2.75, 3.05) is 37.6 Å². The Morgan fingerprint density at radius 3 is 2.48 bits per heavy atom. The maximum atomic E-state index is 12.7. The monoisotopic (exact) mass is 581 g/mol. The number of nitrogens with two attached hydrogens (primary N) is 1. The molecule has 1 fully saturated rings. The second kappa shape index (κ2) is 11.6. The molecule has 4 aromatic rings. The Labute approximate surface area is 243 Å². The predicted molar refractivity (Wildman–Crippen MR) is 159 cm³/mol. The smallest absolute Gasteiger partial charge is 0.223 e. The predicted octanol–water partition coefficient (Wildman–Crippen LogP) is 5.49. The van der Waals surface area contributed by atoms with E-state index < -0.39 is 0 Å². The molecule has 9 nitrogen and oxygen atoms in total. The number of nitrogens with zero attached hydrogens (tertiary/aromatic N) is 5. The van der Waals surface area contributed by atoms with Crippen LogP contribution >= 0.6 is 23.2 Å². The van der Waals surface area contributed by atoms with Crippen LogP contribution in [0.5, 0.6) is 5.75 Å². The van der Waals surface area contributed by atoms with E-state index in [9.17, 15) is 4.79 Å². The highest BCUT2D eigenvalue weighted by atomic mass is 35.5. The lowest BCUT2D eigenvalue weighted by molar-refractivity contribution is -0.133. The number of anilines is 1. The van der Waals surface area contributed by atoms with Gasteiger partial charge >= 0.3 is 0 Å². The molecule has 1 atom stereocenters. The van der Waals surface area contributed by atoms with Gasteiger partial charge in [-0.25, -0.2) is 4.98 Å². The van der Waals surface area contributed by atoms with Crippen molar-refractivity contribution in [2.24, 2.45) is 11.1 Å². The summed E-state index contributed by atoms with van der Waals surface area (Å²) in [4.78, 5) is 25.6. The third kappa shape index (κ3) is 6.01. The van der Waals surface area contributed by atoms with Gasteiger partial charge in [-0.15, -0.1) is 0 Å². The minimum absolute atomic E-state index is 0.161. The number of H-pyrrole nitrogens is 1. The van der Waals surface area contributed by atoms with Gasteiger partial charge in [-0.05, 0) is 49.2 Å². The topological polar surface area (TPSA) is 113 Å². The van der Waals surface area contributed by atoms with Crippen LogP contribution in [0, 0.1) is 5.41 Å². The number of carbonyl (C=O) groups excluding carboxylic acids is 1. The summed E-state index contributed by atoms with van der Waals surface area (Å²) >= 11 is 12.6. The molecule has 0 spiro atoms. The molecule has 0 aliphatic carbocycles. The van der Waals surface area contributed by atoms with Crippen molar-refractivity contribution in [3.8, 4) is 17.0 Å². The van der Waals surface area contributed by atoms with Gasteiger partial charge in [0.05, 0.1) is 15.6 Å². The molecule has 5 rings (SSSR count). The number of carbonyl (C=O) groups is 1. The molecule has 210 valence electrons. The highest BCUT2D eigenvalue weighted by molar-refractivity contribution is 6.35. The highest BCUT2D eigenvalue weighted by Gasteiger charge is 2.27. The number of pyridine rings is 2. The van der Waals surface area contributed by atoms with Crippen LogP contribution in [-0.2, 0) is 4.79 Å². The van der Waals surface area contributed by atoms with Crippen molar-refractivity contribution < 1.29 is 9.53 Å². The molecule has 0 radical (unpaired) electrons. The number of aromatic nitrogens is 4. The van der Waals surface area contributed by atoms with E-state index in [2.05, 4.69) is 20.1 Å². The summed E-state index contributed by atoms with van der Waals surface area (Å²) in [6.45, 7) is 9.24.